The summed E-state index contributed by atoms with van der Waals surface area (Å²) in [5, 5.41) is 3.65. The van der Waals surface area contributed by atoms with Crippen LogP contribution in [0.5, 0.6) is 11.5 Å². The molecule has 10 heteroatoms. The van der Waals surface area contributed by atoms with Gasteiger partial charge in [0.2, 0.25) is 0 Å². The van der Waals surface area contributed by atoms with Gasteiger partial charge >= 0.3 is 6.18 Å². The summed E-state index contributed by atoms with van der Waals surface area (Å²) in [6.07, 6.45) is -0.352. The first-order valence-corrected chi connectivity index (χ1v) is 10.7. The number of alkyl halides is 3. The lowest BCUT2D eigenvalue weighted by molar-refractivity contribution is -0.137. The number of Topliss-reactive ketones (excluding diaryl/α,β-unsaturated/α-hetero) is 1. The third-order valence-corrected chi connectivity index (χ3v) is 5.44. The number of halogens is 5. The van der Waals surface area contributed by atoms with Crippen molar-refractivity contribution in [3.63, 3.8) is 0 Å². The van der Waals surface area contributed by atoms with Gasteiger partial charge in [0.25, 0.3) is 0 Å². The molecule has 5 nitrogen and oxygen atoms in total. The highest BCUT2D eigenvalue weighted by Crippen LogP contribution is 2.35. The van der Waals surface area contributed by atoms with Crippen LogP contribution in [0.15, 0.2) is 67.1 Å². The van der Waals surface area contributed by atoms with Crippen LogP contribution in [0.1, 0.15) is 16.7 Å². The summed E-state index contributed by atoms with van der Waals surface area (Å²) in [5.74, 6) is -0.588. The molecule has 4 rings (SSSR count). The van der Waals surface area contributed by atoms with Gasteiger partial charge in [-0.1, -0.05) is 29.8 Å². The molecule has 0 saturated carbocycles. The van der Waals surface area contributed by atoms with Gasteiger partial charge in [-0.3, -0.25) is 14.5 Å². The fraction of sp³-hybridized carbons (Fsp3) is 0.160. The van der Waals surface area contributed by atoms with Gasteiger partial charge in [0.15, 0.2) is 11.6 Å². The minimum Gasteiger partial charge on any atom is -0.454 e. The first-order valence-electron chi connectivity index (χ1n) is 10.4. The van der Waals surface area contributed by atoms with Gasteiger partial charge in [0.1, 0.15) is 11.5 Å². The maximum Gasteiger partial charge on any atom is 0.417 e. The van der Waals surface area contributed by atoms with Gasteiger partial charge in [0.05, 0.1) is 28.7 Å². The quantitative estimate of drug-likeness (QED) is 0.272. The van der Waals surface area contributed by atoms with Crippen molar-refractivity contribution >= 4 is 17.4 Å². The van der Waals surface area contributed by atoms with E-state index in [1.54, 1.807) is 48.4 Å². The van der Waals surface area contributed by atoms with Crippen molar-refractivity contribution in [1.82, 2.24) is 14.8 Å². The van der Waals surface area contributed by atoms with E-state index < -0.39 is 22.6 Å². The number of aryl methyl sites for hydroxylation is 1. The number of rotatable bonds is 7. The molecule has 0 N–H and O–H groups in total. The summed E-state index contributed by atoms with van der Waals surface area (Å²) < 4.78 is 60.6. The maximum absolute atomic E-state index is 14.2. The highest BCUT2D eigenvalue weighted by Gasteiger charge is 2.33. The zero-order chi connectivity index (χ0) is 25.2. The molecule has 2 aromatic carbocycles. The number of benzene rings is 2. The van der Waals surface area contributed by atoms with E-state index in [4.69, 9.17) is 16.3 Å². The number of pyridine rings is 1. The first-order chi connectivity index (χ1) is 16.6. The third kappa shape index (κ3) is 6.05. The summed E-state index contributed by atoms with van der Waals surface area (Å²) >= 11 is 5.62. The number of aromatic nitrogens is 3. The van der Waals surface area contributed by atoms with Crippen LogP contribution < -0.4 is 4.74 Å². The topological polar surface area (TPSA) is 57.0 Å². The number of hydrogen-bond donors (Lipinski definition) is 0. The van der Waals surface area contributed by atoms with Gasteiger partial charge in [0, 0.05) is 37.7 Å². The second-order valence-electron chi connectivity index (χ2n) is 7.85. The van der Waals surface area contributed by atoms with Gasteiger partial charge in [-0.05, 0) is 35.4 Å². The molecular weight excluding hydrogens is 486 g/mol. The summed E-state index contributed by atoms with van der Waals surface area (Å²) in [7, 11) is 1.76. The fourth-order valence-corrected chi connectivity index (χ4v) is 3.65. The second kappa shape index (κ2) is 9.87. The van der Waals surface area contributed by atoms with E-state index in [1.165, 1.54) is 12.1 Å². The van der Waals surface area contributed by atoms with Crippen LogP contribution in [-0.2, 0) is 30.9 Å². The van der Waals surface area contributed by atoms with Crippen LogP contribution in [0.4, 0.5) is 17.6 Å². The van der Waals surface area contributed by atoms with Crippen molar-refractivity contribution in [1.29, 1.82) is 0 Å². The Hall–Kier alpha value is -3.72. The van der Waals surface area contributed by atoms with Gasteiger partial charge in [-0.2, -0.15) is 18.3 Å². The molecule has 180 valence electrons. The van der Waals surface area contributed by atoms with Crippen LogP contribution >= 0.6 is 11.6 Å². The smallest absolute Gasteiger partial charge is 0.417 e. The van der Waals surface area contributed by atoms with E-state index >= 15 is 0 Å². The van der Waals surface area contributed by atoms with Crippen molar-refractivity contribution in [2.24, 2.45) is 7.05 Å². The Kier molecular flexibility index (Phi) is 6.88. The van der Waals surface area contributed by atoms with Crippen LogP contribution in [-0.4, -0.2) is 20.5 Å². The minimum absolute atomic E-state index is 0.0129. The predicted octanol–water partition coefficient (Wildman–Crippen LogP) is 6.44. The lowest BCUT2D eigenvalue weighted by atomic mass is 10.0. The van der Waals surface area contributed by atoms with Crippen LogP contribution in [0.25, 0.3) is 11.3 Å². The molecule has 0 fully saturated rings. The van der Waals surface area contributed by atoms with Gasteiger partial charge < -0.3 is 4.74 Å². The highest BCUT2D eigenvalue weighted by molar-refractivity contribution is 6.31. The molecule has 2 aromatic heterocycles. The van der Waals surface area contributed by atoms with Gasteiger partial charge in [-0.15, -0.1) is 0 Å². The molecule has 0 saturated heterocycles. The molecule has 0 spiro atoms. The molecule has 0 aliphatic heterocycles. The number of ketones is 1. The average Bonchev–Trinajstić information content (AvgIpc) is 3.23. The number of carbonyl (C=O) groups excluding carboxylic acids is 1. The van der Waals surface area contributed by atoms with E-state index in [2.05, 4.69) is 10.1 Å². The van der Waals surface area contributed by atoms with E-state index in [9.17, 15) is 22.4 Å². The molecule has 2 heterocycles. The molecule has 0 unspecified atom stereocenters. The van der Waals surface area contributed by atoms with E-state index in [0.29, 0.717) is 22.6 Å². The molecule has 0 aliphatic carbocycles. The summed E-state index contributed by atoms with van der Waals surface area (Å²) in [5.41, 5.74) is 1.09. The summed E-state index contributed by atoms with van der Waals surface area (Å²) in [6.45, 7) is 0. The van der Waals surface area contributed by atoms with Crippen molar-refractivity contribution in [2.45, 2.75) is 19.0 Å². The lowest BCUT2D eigenvalue weighted by Crippen LogP contribution is -2.10. The highest BCUT2D eigenvalue weighted by atomic mass is 35.5. The largest absolute Gasteiger partial charge is 0.454 e. The van der Waals surface area contributed by atoms with E-state index in [1.807, 2.05) is 0 Å². The van der Waals surface area contributed by atoms with Crippen molar-refractivity contribution in [2.75, 3.05) is 0 Å². The summed E-state index contributed by atoms with van der Waals surface area (Å²) in [4.78, 5) is 16.5. The molecule has 0 amide bonds. The SMILES string of the molecule is Cn1cc(-c2cc(Oc3ccc(CC(=O)Cc4ccc(Cl)c(C(F)(F)F)c4)cc3)c(F)cn2)cn1. The van der Waals surface area contributed by atoms with Crippen LogP contribution in [0.3, 0.4) is 0 Å². The van der Waals surface area contributed by atoms with E-state index in [0.717, 1.165) is 18.3 Å². The standard InChI is InChI=1S/C25H18ClF4N3O2/c1-33-14-17(12-32-33)23-11-24(22(27)13-31-23)35-19-5-2-15(3-6-19)8-18(34)9-16-4-7-21(26)20(10-16)25(28,29)30/h2-7,10-14H,8-9H2,1H3. The molecule has 0 atom stereocenters. The van der Waals surface area contributed by atoms with Crippen molar-refractivity contribution in [3.05, 3.63) is 94.7 Å². The predicted molar refractivity (Wildman–Crippen MR) is 122 cm³/mol. The zero-order valence-electron chi connectivity index (χ0n) is 18.3. The second-order valence-corrected chi connectivity index (χ2v) is 8.26. The maximum atomic E-state index is 14.2. The van der Waals surface area contributed by atoms with E-state index in [-0.39, 0.29) is 29.9 Å². The molecule has 0 radical (unpaired) electrons. The fourth-order valence-electron chi connectivity index (χ4n) is 3.43. The number of carbonyl (C=O) groups is 1. The number of nitrogens with zero attached hydrogens (tertiary/aromatic N) is 3. The monoisotopic (exact) mass is 503 g/mol. The molecule has 4 aromatic rings. The Balaban J connectivity index is 1.41. The lowest BCUT2D eigenvalue weighted by Gasteiger charge is -2.11. The van der Waals surface area contributed by atoms with Gasteiger partial charge in [-0.25, -0.2) is 4.39 Å². The Morgan fingerprint density at radius 2 is 1.71 bits per heavy atom. The van der Waals surface area contributed by atoms with Crippen LogP contribution in [0.2, 0.25) is 5.02 Å². The zero-order valence-corrected chi connectivity index (χ0v) is 19.1. The Labute approximate surface area is 202 Å². The Bertz CT molecular complexity index is 1370. The molecule has 35 heavy (non-hydrogen) atoms. The van der Waals surface area contributed by atoms with Crippen molar-refractivity contribution < 1.29 is 27.1 Å². The minimum atomic E-state index is -4.60. The number of hydrogen-bond acceptors (Lipinski definition) is 4. The Morgan fingerprint density at radius 1 is 1.03 bits per heavy atom. The molecule has 0 bridgehead atoms. The summed E-state index contributed by atoms with van der Waals surface area (Å²) in [6, 6.07) is 11.3. The number of ether oxygens (including phenoxy) is 1. The van der Waals surface area contributed by atoms with Crippen molar-refractivity contribution in [3.8, 4) is 22.8 Å². The average molecular weight is 504 g/mol. The normalized spacial score (nSPS) is 11.5. The Morgan fingerprint density at radius 3 is 2.37 bits per heavy atom. The third-order valence-electron chi connectivity index (χ3n) is 5.11. The molecular formula is C25H18ClF4N3O2. The first kappa shape index (κ1) is 24.4. The van der Waals surface area contributed by atoms with Crippen LogP contribution in [0, 0.1) is 5.82 Å². The molecule has 0 aliphatic rings.